The lowest BCUT2D eigenvalue weighted by Crippen LogP contribution is -2.25. The lowest BCUT2D eigenvalue weighted by molar-refractivity contribution is 0.244. The summed E-state index contributed by atoms with van der Waals surface area (Å²) in [4.78, 5) is 14.0. The number of aryl methyl sites for hydroxylation is 1. The number of aromatic nitrogens is 3. The molecule has 7 nitrogen and oxygen atoms in total. The molecular weight excluding hydrogens is 390 g/mol. The van der Waals surface area contributed by atoms with Gasteiger partial charge in [-0.15, -0.1) is 0 Å². The summed E-state index contributed by atoms with van der Waals surface area (Å²) in [6.07, 6.45) is 4.08. The van der Waals surface area contributed by atoms with Crippen molar-refractivity contribution in [3.8, 4) is 17.1 Å². The normalized spacial score (nSPS) is 16.6. The highest BCUT2D eigenvalue weighted by molar-refractivity contribution is 5.65. The van der Waals surface area contributed by atoms with Crippen molar-refractivity contribution in [2.75, 3.05) is 32.1 Å². The fourth-order valence-corrected chi connectivity index (χ4v) is 4.11. The minimum absolute atomic E-state index is 0.202. The van der Waals surface area contributed by atoms with E-state index in [0.29, 0.717) is 12.6 Å². The van der Waals surface area contributed by atoms with Gasteiger partial charge in [-0.25, -0.2) is 9.97 Å². The maximum absolute atomic E-state index is 5.70. The summed E-state index contributed by atoms with van der Waals surface area (Å²) in [5.74, 6) is 2.39. The summed E-state index contributed by atoms with van der Waals surface area (Å²) in [5, 5.41) is 4.16. The van der Waals surface area contributed by atoms with Gasteiger partial charge in [-0.3, -0.25) is 4.90 Å². The lowest BCUT2D eigenvalue weighted by Gasteiger charge is -2.26. The standard InChI is InChI=1S/C24H31N5O2/c1-6-30-19-11-9-18(10-12-19)15-29-13-7-8-21(29)22-20(14-25-24(26-22)28(4)5)23-16(2)17(3)27-31-23/h9-12,14,21H,6-8,13,15H2,1-5H3/t21-/m0/s1. The van der Waals surface area contributed by atoms with Gasteiger partial charge in [0.25, 0.3) is 0 Å². The molecule has 3 aromatic rings. The molecule has 1 aliphatic heterocycles. The molecule has 1 atom stereocenters. The summed E-state index contributed by atoms with van der Waals surface area (Å²) in [7, 11) is 3.93. The maximum Gasteiger partial charge on any atom is 0.225 e. The van der Waals surface area contributed by atoms with E-state index in [4.69, 9.17) is 14.2 Å². The quantitative estimate of drug-likeness (QED) is 0.554. The Morgan fingerprint density at radius 1 is 1.19 bits per heavy atom. The van der Waals surface area contributed by atoms with Crippen LogP contribution in [0.15, 0.2) is 35.0 Å². The average Bonchev–Trinajstić information content (AvgIpc) is 3.36. The molecule has 0 spiro atoms. The second-order valence-electron chi connectivity index (χ2n) is 8.29. The molecular formula is C24H31N5O2. The monoisotopic (exact) mass is 421 g/mol. The first kappa shape index (κ1) is 21.3. The Morgan fingerprint density at radius 3 is 2.61 bits per heavy atom. The van der Waals surface area contributed by atoms with Gasteiger partial charge >= 0.3 is 0 Å². The summed E-state index contributed by atoms with van der Waals surface area (Å²) in [6.45, 7) is 8.59. The van der Waals surface area contributed by atoms with Crippen LogP contribution in [0.4, 0.5) is 5.95 Å². The molecule has 0 saturated carbocycles. The van der Waals surface area contributed by atoms with Crippen molar-refractivity contribution in [3.05, 3.63) is 53.0 Å². The second kappa shape index (κ2) is 9.06. The third kappa shape index (κ3) is 4.42. The van der Waals surface area contributed by atoms with E-state index in [9.17, 15) is 0 Å². The van der Waals surface area contributed by atoms with E-state index in [1.165, 1.54) is 5.56 Å². The van der Waals surface area contributed by atoms with Gasteiger partial charge in [0, 0.05) is 32.4 Å². The molecule has 3 heterocycles. The van der Waals surface area contributed by atoms with Crippen LogP contribution < -0.4 is 9.64 Å². The number of anilines is 1. The minimum atomic E-state index is 0.202. The lowest BCUT2D eigenvalue weighted by atomic mass is 10.0. The molecule has 0 unspecified atom stereocenters. The third-order valence-corrected chi connectivity index (χ3v) is 5.91. The van der Waals surface area contributed by atoms with Crippen molar-refractivity contribution >= 4 is 5.95 Å². The van der Waals surface area contributed by atoms with E-state index in [-0.39, 0.29) is 6.04 Å². The molecule has 0 aliphatic carbocycles. The largest absolute Gasteiger partial charge is 0.494 e. The van der Waals surface area contributed by atoms with Crippen LogP contribution in [0.2, 0.25) is 0 Å². The van der Waals surface area contributed by atoms with Gasteiger partial charge in [-0.2, -0.15) is 0 Å². The maximum atomic E-state index is 5.70. The number of nitrogens with zero attached hydrogens (tertiary/aromatic N) is 5. The van der Waals surface area contributed by atoms with Gasteiger partial charge in [-0.1, -0.05) is 17.3 Å². The molecule has 2 aromatic heterocycles. The van der Waals surface area contributed by atoms with Crippen LogP contribution in [0, 0.1) is 13.8 Å². The van der Waals surface area contributed by atoms with Crippen LogP contribution in [-0.4, -0.2) is 47.3 Å². The van der Waals surface area contributed by atoms with Crippen LogP contribution >= 0.6 is 0 Å². The topological polar surface area (TPSA) is 67.5 Å². The molecule has 1 aromatic carbocycles. The van der Waals surface area contributed by atoms with Gasteiger partial charge < -0.3 is 14.2 Å². The van der Waals surface area contributed by atoms with Crippen LogP contribution in [0.3, 0.4) is 0 Å². The van der Waals surface area contributed by atoms with Crippen molar-refractivity contribution in [2.45, 2.75) is 46.2 Å². The van der Waals surface area contributed by atoms with Crippen LogP contribution in [0.5, 0.6) is 5.75 Å². The Bertz CT molecular complexity index is 1030. The highest BCUT2D eigenvalue weighted by Crippen LogP contribution is 2.39. The number of likely N-dealkylation sites (tertiary alicyclic amines) is 1. The van der Waals surface area contributed by atoms with E-state index in [1.54, 1.807) is 0 Å². The Balaban J connectivity index is 1.67. The summed E-state index contributed by atoms with van der Waals surface area (Å²) >= 11 is 0. The molecule has 7 heteroatoms. The van der Waals surface area contributed by atoms with E-state index < -0.39 is 0 Å². The molecule has 1 saturated heterocycles. The van der Waals surface area contributed by atoms with E-state index in [1.807, 2.05) is 58.1 Å². The molecule has 0 bridgehead atoms. The van der Waals surface area contributed by atoms with Crippen molar-refractivity contribution in [2.24, 2.45) is 0 Å². The summed E-state index contributed by atoms with van der Waals surface area (Å²) in [5.41, 5.74) is 5.16. The van der Waals surface area contributed by atoms with Crippen molar-refractivity contribution in [3.63, 3.8) is 0 Å². The Labute approximate surface area is 184 Å². The van der Waals surface area contributed by atoms with E-state index >= 15 is 0 Å². The Kier molecular flexibility index (Phi) is 6.23. The fraction of sp³-hybridized carbons (Fsp3) is 0.458. The van der Waals surface area contributed by atoms with Gasteiger partial charge in [-0.05, 0) is 57.9 Å². The van der Waals surface area contributed by atoms with Crippen molar-refractivity contribution < 1.29 is 9.26 Å². The molecule has 1 fully saturated rings. The first-order valence-electron chi connectivity index (χ1n) is 10.9. The van der Waals surface area contributed by atoms with Gasteiger partial charge in [0.1, 0.15) is 5.75 Å². The number of hydrogen-bond acceptors (Lipinski definition) is 7. The second-order valence-corrected chi connectivity index (χ2v) is 8.29. The molecule has 4 rings (SSSR count). The van der Waals surface area contributed by atoms with Crippen LogP contribution in [0.25, 0.3) is 11.3 Å². The van der Waals surface area contributed by atoms with Crippen molar-refractivity contribution in [1.29, 1.82) is 0 Å². The minimum Gasteiger partial charge on any atom is -0.494 e. The zero-order valence-electron chi connectivity index (χ0n) is 19.1. The smallest absolute Gasteiger partial charge is 0.225 e. The zero-order valence-corrected chi connectivity index (χ0v) is 19.1. The molecule has 31 heavy (non-hydrogen) atoms. The van der Waals surface area contributed by atoms with Gasteiger partial charge in [0.15, 0.2) is 5.76 Å². The third-order valence-electron chi connectivity index (χ3n) is 5.91. The summed E-state index contributed by atoms with van der Waals surface area (Å²) < 4.78 is 11.3. The predicted octanol–water partition coefficient (Wildman–Crippen LogP) is 4.55. The van der Waals surface area contributed by atoms with Crippen molar-refractivity contribution in [1.82, 2.24) is 20.0 Å². The highest BCUT2D eigenvalue weighted by atomic mass is 16.5. The average molecular weight is 422 g/mol. The Morgan fingerprint density at radius 2 is 1.97 bits per heavy atom. The molecule has 0 N–H and O–H groups in total. The van der Waals surface area contributed by atoms with E-state index in [0.717, 1.165) is 60.0 Å². The van der Waals surface area contributed by atoms with Gasteiger partial charge in [0.2, 0.25) is 5.95 Å². The number of ether oxygens (including phenoxy) is 1. The van der Waals surface area contributed by atoms with Gasteiger partial charge in [0.05, 0.1) is 29.6 Å². The number of benzene rings is 1. The molecule has 0 radical (unpaired) electrons. The number of hydrogen-bond donors (Lipinski definition) is 0. The first-order chi connectivity index (χ1) is 15.0. The number of rotatable bonds is 7. The predicted molar refractivity (Wildman–Crippen MR) is 121 cm³/mol. The van der Waals surface area contributed by atoms with Crippen LogP contribution in [-0.2, 0) is 6.54 Å². The first-order valence-corrected chi connectivity index (χ1v) is 10.9. The SMILES string of the molecule is CCOc1ccc(CN2CCC[C@H]2c2nc(N(C)C)ncc2-c2onc(C)c2C)cc1. The highest BCUT2D eigenvalue weighted by Gasteiger charge is 2.31. The molecule has 164 valence electrons. The zero-order chi connectivity index (χ0) is 22.0. The van der Waals surface area contributed by atoms with E-state index in [2.05, 4.69) is 27.2 Å². The fourth-order valence-electron chi connectivity index (χ4n) is 4.11. The van der Waals surface area contributed by atoms with Crippen LogP contribution in [0.1, 0.15) is 48.3 Å². The molecule has 1 aliphatic rings. The summed E-state index contributed by atoms with van der Waals surface area (Å²) in [6, 6.07) is 8.59. The molecule has 0 amide bonds. The Hall–Kier alpha value is -2.93.